The number of carbonyl (C=O) groups excluding carboxylic acids is 1. The first kappa shape index (κ1) is 14.0. The van der Waals surface area contributed by atoms with Crippen LogP contribution >= 0.6 is 0 Å². The number of esters is 1. The summed E-state index contributed by atoms with van der Waals surface area (Å²) in [5.74, 6) is -0.842. The van der Waals surface area contributed by atoms with Crippen LogP contribution in [0.15, 0.2) is 30.3 Å². The van der Waals surface area contributed by atoms with Crippen molar-refractivity contribution in [1.29, 1.82) is 0 Å². The van der Waals surface area contributed by atoms with E-state index in [1.54, 1.807) is 6.92 Å². The van der Waals surface area contributed by atoms with Gasteiger partial charge in [0.1, 0.15) is 12.7 Å². The lowest BCUT2D eigenvalue weighted by atomic mass is 10.1. The second-order valence-corrected chi connectivity index (χ2v) is 4.88. The summed E-state index contributed by atoms with van der Waals surface area (Å²) in [6.45, 7) is 4.41. The Hall–Kier alpha value is -1.39. The highest BCUT2D eigenvalue weighted by Crippen LogP contribution is 2.27. The number of rotatable bonds is 5. The highest BCUT2D eigenvalue weighted by atomic mass is 16.7. The van der Waals surface area contributed by atoms with Gasteiger partial charge < -0.3 is 14.2 Å². The molecule has 1 aliphatic heterocycles. The molecule has 0 N–H and O–H groups in total. The van der Waals surface area contributed by atoms with Crippen LogP contribution in [0.4, 0.5) is 0 Å². The van der Waals surface area contributed by atoms with Gasteiger partial charge in [0, 0.05) is 12.8 Å². The van der Waals surface area contributed by atoms with E-state index in [1.165, 1.54) is 0 Å². The summed E-state index contributed by atoms with van der Waals surface area (Å²) in [6.07, 6.45) is 0.894. The topological polar surface area (TPSA) is 44.8 Å². The maximum Gasteiger partial charge on any atom is 0.305 e. The Kier molecular flexibility index (Phi) is 4.56. The SMILES string of the molecule is CCC(=O)OCC1COC(C)(Cc2ccccc2)O1. The van der Waals surface area contributed by atoms with Crippen molar-refractivity contribution in [1.82, 2.24) is 0 Å². The number of carbonyl (C=O) groups is 1. The van der Waals surface area contributed by atoms with E-state index in [0.29, 0.717) is 19.4 Å². The normalized spacial score (nSPS) is 26.3. The molecule has 4 heteroatoms. The summed E-state index contributed by atoms with van der Waals surface area (Å²) in [7, 11) is 0. The summed E-state index contributed by atoms with van der Waals surface area (Å²) in [4.78, 5) is 11.1. The monoisotopic (exact) mass is 264 g/mol. The zero-order valence-electron chi connectivity index (χ0n) is 11.4. The van der Waals surface area contributed by atoms with Crippen LogP contribution in [-0.4, -0.2) is 31.1 Å². The highest BCUT2D eigenvalue weighted by Gasteiger charge is 2.37. The molecule has 1 fully saturated rings. The number of ether oxygens (including phenoxy) is 3. The van der Waals surface area contributed by atoms with Crippen LogP contribution in [0.5, 0.6) is 0 Å². The van der Waals surface area contributed by atoms with Gasteiger partial charge in [0.2, 0.25) is 0 Å². The largest absolute Gasteiger partial charge is 0.463 e. The molecule has 1 aliphatic rings. The third-order valence-corrected chi connectivity index (χ3v) is 3.08. The van der Waals surface area contributed by atoms with Gasteiger partial charge >= 0.3 is 5.97 Å². The maximum absolute atomic E-state index is 11.1. The number of hydrogen-bond acceptors (Lipinski definition) is 4. The summed E-state index contributed by atoms with van der Waals surface area (Å²) in [5, 5.41) is 0. The summed E-state index contributed by atoms with van der Waals surface area (Å²) in [5.41, 5.74) is 1.16. The van der Waals surface area contributed by atoms with Crippen molar-refractivity contribution in [2.45, 2.75) is 38.6 Å². The standard InChI is InChI=1S/C15H20O4/c1-3-14(16)17-10-13-11-18-15(2,19-13)9-12-7-5-4-6-8-12/h4-8,13H,3,9-11H2,1-2H3. The Balaban J connectivity index is 1.84. The summed E-state index contributed by atoms with van der Waals surface area (Å²) < 4.78 is 16.6. The average molecular weight is 264 g/mol. The molecule has 0 radical (unpaired) electrons. The molecule has 0 aliphatic carbocycles. The molecule has 2 atom stereocenters. The van der Waals surface area contributed by atoms with Gasteiger partial charge in [0.05, 0.1) is 6.61 Å². The first-order valence-corrected chi connectivity index (χ1v) is 6.62. The second kappa shape index (κ2) is 6.17. The lowest BCUT2D eigenvalue weighted by Gasteiger charge is -2.23. The fraction of sp³-hybridized carbons (Fsp3) is 0.533. The van der Waals surface area contributed by atoms with Gasteiger partial charge in [0.25, 0.3) is 0 Å². The summed E-state index contributed by atoms with van der Waals surface area (Å²) in [6, 6.07) is 10.1. The lowest BCUT2D eigenvalue weighted by Crippen LogP contribution is -2.30. The molecule has 0 spiro atoms. The van der Waals surface area contributed by atoms with Gasteiger partial charge in [-0.3, -0.25) is 4.79 Å². The molecule has 0 bridgehead atoms. The van der Waals surface area contributed by atoms with Crippen LogP contribution in [0.1, 0.15) is 25.8 Å². The molecule has 1 saturated heterocycles. The van der Waals surface area contributed by atoms with E-state index in [1.807, 2.05) is 37.3 Å². The Morgan fingerprint density at radius 1 is 1.42 bits per heavy atom. The fourth-order valence-electron chi connectivity index (χ4n) is 2.12. The van der Waals surface area contributed by atoms with E-state index in [-0.39, 0.29) is 18.7 Å². The molecule has 1 heterocycles. The van der Waals surface area contributed by atoms with Gasteiger partial charge in [-0.2, -0.15) is 0 Å². The highest BCUT2D eigenvalue weighted by molar-refractivity contribution is 5.68. The van der Waals surface area contributed by atoms with Crippen LogP contribution in [0.25, 0.3) is 0 Å². The molecule has 0 aromatic heterocycles. The van der Waals surface area contributed by atoms with Gasteiger partial charge in [-0.1, -0.05) is 37.3 Å². The molecule has 2 rings (SSSR count). The number of hydrogen-bond donors (Lipinski definition) is 0. The molecule has 1 aromatic carbocycles. The van der Waals surface area contributed by atoms with Crippen molar-refractivity contribution in [2.24, 2.45) is 0 Å². The van der Waals surface area contributed by atoms with Crippen LogP contribution in [-0.2, 0) is 25.4 Å². The van der Waals surface area contributed by atoms with Crippen molar-refractivity contribution >= 4 is 5.97 Å². The molecular formula is C15H20O4. The van der Waals surface area contributed by atoms with E-state index in [0.717, 1.165) is 5.56 Å². The first-order chi connectivity index (χ1) is 9.11. The van der Waals surface area contributed by atoms with E-state index in [2.05, 4.69) is 0 Å². The van der Waals surface area contributed by atoms with Crippen molar-refractivity contribution in [2.75, 3.05) is 13.2 Å². The Morgan fingerprint density at radius 2 is 2.16 bits per heavy atom. The van der Waals surface area contributed by atoms with Crippen LogP contribution < -0.4 is 0 Å². The molecule has 0 amide bonds. The van der Waals surface area contributed by atoms with Gasteiger partial charge in [-0.25, -0.2) is 0 Å². The molecule has 4 nitrogen and oxygen atoms in total. The third kappa shape index (κ3) is 4.04. The minimum atomic E-state index is -0.634. The fourth-order valence-corrected chi connectivity index (χ4v) is 2.12. The van der Waals surface area contributed by atoms with Crippen molar-refractivity contribution in [3.8, 4) is 0 Å². The first-order valence-electron chi connectivity index (χ1n) is 6.62. The lowest BCUT2D eigenvalue weighted by molar-refractivity contribution is -0.165. The minimum Gasteiger partial charge on any atom is -0.463 e. The Bertz CT molecular complexity index is 417. The van der Waals surface area contributed by atoms with Crippen LogP contribution in [0, 0.1) is 0 Å². The van der Waals surface area contributed by atoms with Crippen molar-refractivity contribution < 1.29 is 19.0 Å². The predicted octanol–water partition coefficient (Wildman–Crippen LogP) is 2.31. The third-order valence-electron chi connectivity index (χ3n) is 3.08. The van der Waals surface area contributed by atoms with E-state index < -0.39 is 5.79 Å². The van der Waals surface area contributed by atoms with Crippen LogP contribution in [0.3, 0.4) is 0 Å². The molecule has 1 aromatic rings. The second-order valence-electron chi connectivity index (χ2n) is 4.88. The molecule has 104 valence electrons. The Labute approximate surface area is 113 Å². The quantitative estimate of drug-likeness (QED) is 0.766. The zero-order valence-corrected chi connectivity index (χ0v) is 11.4. The average Bonchev–Trinajstić information content (AvgIpc) is 2.78. The predicted molar refractivity (Wildman–Crippen MR) is 70.6 cm³/mol. The smallest absolute Gasteiger partial charge is 0.305 e. The van der Waals surface area contributed by atoms with E-state index in [9.17, 15) is 4.79 Å². The van der Waals surface area contributed by atoms with Gasteiger partial charge in [-0.15, -0.1) is 0 Å². The van der Waals surface area contributed by atoms with E-state index in [4.69, 9.17) is 14.2 Å². The maximum atomic E-state index is 11.1. The number of benzene rings is 1. The molecule has 2 unspecified atom stereocenters. The molecule has 19 heavy (non-hydrogen) atoms. The van der Waals surface area contributed by atoms with E-state index >= 15 is 0 Å². The molecular weight excluding hydrogens is 244 g/mol. The van der Waals surface area contributed by atoms with Gasteiger partial charge in [-0.05, 0) is 12.5 Å². The van der Waals surface area contributed by atoms with Crippen molar-refractivity contribution in [3.63, 3.8) is 0 Å². The van der Waals surface area contributed by atoms with Gasteiger partial charge in [0.15, 0.2) is 5.79 Å². The minimum absolute atomic E-state index is 0.177. The summed E-state index contributed by atoms with van der Waals surface area (Å²) >= 11 is 0. The Morgan fingerprint density at radius 3 is 2.84 bits per heavy atom. The van der Waals surface area contributed by atoms with Crippen molar-refractivity contribution in [3.05, 3.63) is 35.9 Å². The molecule has 0 saturated carbocycles. The van der Waals surface area contributed by atoms with Crippen LogP contribution in [0.2, 0.25) is 0 Å². The zero-order chi connectivity index (χ0) is 13.7.